The number of carbonyl (C=O) groups excluding carboxylic acids is 1. The van der Waals surface area contributed by atoms with Crippen LogP contribution in [0.2, 0.25) is 10.2 Å². The predicted octanol–water partition coefficient (Wildman–Crippen LogP) is 6.96. The summed E-state index contributed by atoms with van der Waals surface area (Å²) in [6.07, 6.45) is 3.99. The third kappa shape index (κ3) is 5.63. The lowest BCUT2D eigenvalue weighted by molar-refractivity contribution is -0.115. The van der Waals surface area contributed by atoms with Crippen molar-refractivity contribution in [2.45, 2.75) is 30.4 Å². The Hall–Kier alpha value is -2.34. The Morgan fingerprint density at radius 1 is 1.17 bits per heavy atom. The molecule has 1 amide bonds. The number of aliphatic imine (C=N–C) groups is 1. The Kier molecular flexibility index (Phi) is 7.91. The van der Waals surface area contributed by atoms with Crippen LogP contribution in [-0.2, 0) is 4.79 Å². The van der Waals surface area contributed by atoms with Gasteiger partial charge in [0, 0.05) is 33.6 Å². The SMILES string of the molecule is CCC(Sc1ccccc1N=Cc1cccnc1Cl)C(=O)Nc1cccc(Cl)c1C. The second-order valence-corrected chi connectivity index (χ2v) is 8.54. The van der Waals surface area contributed by atoms with E-state index in [1.54, 1.807) is 18.5 Å². The van der Waals surface area contributed by atoms with Gasteiger partial charge in [-0.3, -0.25) is 9.79 Å². The van der Waals surface area contributed by atoms with Crippen LogP contribution in [0.25, 0.3) is 0 Å². The number of para-hydroxylation sites is 1. The molecule has 1 atom stereocenters. The first-order chi connectivity index (χ1) is 14.5. The minimum atomic E-state index is -0.276. The van der Waals surface area contributed by atoms with Gasteiger partial charge in [0.2, 0.25) is 5.91 Å². The number of anilines is 1. The fourth-order valence-electron chi connectivity index (χ4n) is 2.73. The number of nitrogens with one attached hydrogen (secondary N) is 1. The second kappa shape index (κ2) is 10.6. The van der Waals surface area contributed by atoms with Gasteiger partial charge < -0.3 is 5.32 Å². The summed E-state index contributed by atoms with van der Waals surface area (Å²) in [6, 6.07) is 16.9. The summed E-state index contributed by atoms with van der Waals surface area (Å²) in [5.41, 5.74) is 3.09. The van der Waals surface area contributed by atoms with E-state index >= 15 is 0 Å². The van der Waals surface area contributed by atoms with Crippen LogP contribution in [0.15, 0.2) is 70.7 Å². The molecule has 3 rings (SSSR count). The van der Waals surface area contributed by atoms with Crippen LogP contribution < -0.4 is 5.32 Å². The van der Waals surface area contributed by atoms with E-state index in [0.717, 1.165) is 27.4 Å². The van der Waals surface area contributed by atoms with Crippen LogP contribution in [0.5, 0.6) is 0 Å². The van der Waals surface area contributed by atoms with Gasteiger partial charge in [0.25, 0.3) is 0 Å². The topological polar surface area (TPSA) is 54.4 Å². The largest absolute Gasteiger partial charge is 0.325 e. The van der Waals surface area contributed by atoms with E-state index in [-0.39, 0.29) is 11.2 Å². The molecular formula is C23H21Cl2N3OS. The first-order valence-corrected chi connectivity index (χ1v) is 11.1. The molecule has 4 nitrogen and oxygen atoms in total. The van der Waals surface area contributed by atoms with Crippen LogP contribution in [0.4, 0.5) is 11.4 Å². The average molecular weight is 458 g/mol. The van der Waals surface area contributed by atoms with Crippen molar-refractivity contribution in [1.82, 2.24) is 4.98 Å². The molecule has 154 valence electrons. The number of carbonyl (C=O) groups is 1. The van der Waals surface area contributed by atoms with Gasteiger partial charge in [-0.25, -0.2) is 4.98 Å². The molecule has 0 spiro atoms. The van der Waals surface area contributed by atoms with E-state index < -0.39 is 0 Å². The molecule has 0 aliphatic heterocycles. The van der Waals surface area contributed by atoms with Crippen molar-refractivity contribution in [1.29, 1.82) is 0 Å². The van der Waals surface area contributed by atoms with Gasteiger partial charge in [0.15, 0.2) is 0 Å². The lowest BCUT2D eigenvalue weighted by Gasteiger charge is -2.17. The highest BCUT2D eigenvalue weighted by Crippen LogP contribution is 2.34. The quantitative estimate of drug-likeness (QED) is 0.237. The third-order valence-electron chi connectivity index (χ3n) is 4.45. The summed E-state index contributed by atoms with van der Waals surface area (Å²) in [5, 5.41) is 3.75. The zero-order valence-electron chi connectivity index (χ0n) is 16.6. The number of hydrogen-bond donors (Lipinski definition) is 1. The number of rotatable bonds is 7. The zero-order chi connectivity index (χ0) is 21.5. The zero-order valence-corrected chi connectivity index (χ0v) is 18.9. The van der Waals surface area contributed by atoms with Gasteiger partial charge >= 0.3 is 0 Å². The summed E-state index contributed by atoms with van der Waals surface area (Å²) in [5.74, 6) is -0.0676. The molecule has 1 aromatic heterocycles. The normalized spacial score (nSPS) is 12.1. The molecule has 0 aliphatic carbocycles. The molecule has 0 saturated heterocycles. The summed E-state index contributed by atoms with van der Waals surface area (Å²) in [7, 11) is 0. The van der Waals surface area contributed by atoms with E-state index in [4.69, 9.17) is 23.2 Å². The van der Waals surface area contributed by atoms with Gasteiger partial charge in [-0.1, -0.05) is 48.3 Å². The van der Waals surface area contributed by atoms with Crippen LogP contribution in [0, 0.1) is 6.92 Å². The van der Waals surface area contributed by atoms with E-state index in [0.29, 0.717) is 16.6 Å². The van der Waals surface area contributed by atoms with E-state index in [2.05, 4.69) is 15.3 Å². The molecule has 1 N–H and O–H groups in total. The Morgan fingerprint density at radius 2 is 1.97 bits per heavy atom. The van der Waals surface area contributed by atoms with Crippen LogP contribution in [0.3, 0.4) is 0 Å². The number of benzene rings is 2. The molecule has 0 saturated carbocycles. The fraction of sp³-hybridized carbons (Fsp3) is 0.174. The van der Waals surface area contributed by atoms with Gasteiger partial charge in [-0.05, 0) is 55.3 Å². The average Bonchev–Trinajstić information content (AvgIpc) is 2.75. The third-order valence-corrected chi connectivity index (χ3v) is 6.61. The molecule has 0 radical (unpaired) electrons. The van der Waals surface area contributed by atoms with Gasteiger partial charge in [0.1, 0.15) is 5.15 Å². The van der Waals surface area contributed by atoms with Crippen molar-refractivity contribution in [2.24, 2.45) is 4.99 Å². The Labute approximate surface area is 190 Å². The summed E-state index contributed by atoms with van der Waals surface area (Å²) >= 11 is 13.8. The van der Waals surface area contributed by atoms with Gasteiger partial charge in [-0.15, -0.1) is 11.8 Å². The lowest BCUT2D eigenvalue weighted by atomic mass is 10.2. The van der Waals surface area contributed by atoms with Gasteiger partial charge in [0.05, 0.1) is 10.9 Å². The van der Waals surface area contributed by atoms with Crippen molar-refractivity contribution in [3.05, 3.63) is 82.1 Å². The van der Waals surface area contributed by atoms with Crippen molar-refractivity contribution in [3.8, 4) is 0 Å². The standard InChI is InChI=1S/C23H21Cl2N3OS/c1-3-20(23(29)28-18-11-6-9-17(24)15(18)2)30-21-12-5-4-10-19(21)27-14-16-8-7-13-26-22(16)25/h4-14,20H,3H2,1-2H3,(H,28,29). The van der Waals surface area contributed by atoms with Crippen LogP contribution >= 0.6 is 35.0 Å². The molecule has 1 heterocycles. The maximum Gasteiger partial charge on any atom is 0.237 e. The van der Waals surface area contributed by atoms with Crippen molar-refractivity contribution < 1.29 is 4.79 Å². The number of hydrogen-bond acceptors (Lipinski definition) is 4. The smallest absolute Gasteiger partial charge is 0.237 e. The summed E-state index contributed by atoms with van der Waals surface area (Å²) in [6.45, 7) is 3.88. The van der Waals surface area contributed by atoms with Crippen LogP contribution in [0.1, 0.15) is 24.5 Å². The van der Waals surface area contributed by atoms with E-state index in [1.807, 2.05) is 62.4 Å². The first-order valence-electron chi connectivity index (χ1n) is 9.45. The lowest BCUT2D eigenvalue weighted by Crippen LogP contribution is -2.25. The highest BCUT2D eigenvalue weighted by molar-refractivity contribution is 8.00. The number of nitrogens with zero attached hydrogens (tertiary/aromatic N) is 2. The van der Waals surface area contributed by atoms with E-state index in [1.165, 1.54) is 11.8 Å². The summed E-state index contributed by atoms with van der Waals surface area (Å²) in [4.78, 5) is 22.5. The van der Waals surface area contributed by atoms with Crippen molar-refractivity contribution in [2.75, 3.05) is 5.32 Å². The number of halogens is 2. The highest BCUT2D eigenvalue weighted by atomic mass is 35.5. The monoisotopic (exact) mass is 457 g/mol. The molecular weight excluding hydrogens is 437 g/mol. The molecule has 30 heavy (non-hydrogen) atoms. The molecule has 0 fully saturated rings. The molecule has 0 bridgehead atoms. The van der Waals surface area contributed by atoms with Crippen molar-refractivity contribution in [3.63, 3.8) is 0 Å². The Morgan fingerprint density at radius 3 is 2.73 bits per heavy atom. The Balaban J connectivity index is 1.78. The number of pyridine rings is 1. The predicted molar refractivity (Wildman–Crippen MR) is 128 cm³/mol. The van der Waals surface area contributed by atoms with E-state index in [9.17, 15) is 4.79 Å². The first kappa shape index (κ1) is 22.3. The molecule has 2 aromatic carbocycles. The molecule has 3 aromatic rings. The minimum absolute atomic E-state index is 0.0676. The molecule has 1 unspecified atom stereocenters. The summed E-state index contributed by atoms with van der Waals surface area (Å²) < 4.78 is 0. The maximum atomic E-state index is 12.9. The minimum Gasteiger partial charge on any atom is -0.325 e. The Bertz CT molecular complexity index is 1070. The molecule has 7 heteroatoms. The number of aromatic nitrogens is 1. The fourth-order valence-corrected chi connectivity index (χ4v) is 4.11. The highest BCUT2D eigenvalue weighted by Gasteiger charge is 2.20. The maximum absolute atomic E-state index is 12.9. The molecule has 0 aliphatic rings. The van der Waals surface area contributed by atoms with Crippen molar-refractivity contribution >= 4 is 58.5 Å². The van der Waals surface area contributed by atoms with Gasteiger partial charge in [-0.2, -0.15) is 0 Å². The number of amides is 1. The van der Waals surface area contributed by atoms with Crippen LogP contribution in [-0.4, -0.2) is 22.4 Å². The number of thioether (sulfide) groups is 1. The second-order valence-electron chi connectivity index (χ2n) is 6.53.